The Balaban J connectivity index is 2.68. The zero-order valence-electron chi connectivity index (χ0n) is 9.91. The SMILES string of the molecule is CCC1(C)NC(=O)N(CC(O)CNC)C1=O. The van der Waals surface area contributed by atoms with Gasteiger partial charge in [0.05, 0.1) is 12.6 Å². The summed E-state index contributed by atoms with van der Waals surface area (Å²) in [5, 5.41) is 15.0. The molecular weight excluding hydrogens is 210 g/mol. The highest BCUT2D eigenvalue weighted by Crippen LogP contribution is 2.20. The fourth-order valence-corrected chi connectivity index (χ4v) is 1.66. The molecule has 1 aliphatic heterocycles. The lowest BCUT2D eigenvalue weighted by Crippen LogP contribution is -2.44. The maximum atomic E-state index is 11.9. The van der Waals surface area contributed by atoms with Gasteiger partial charge < -0.3 is 15.7 Å². The number of carbonyl (C=O) groups excluding carboxylic acids is 2. The Labute approximate surface area is 95.0 Å². The molecule has 0 spiro atoms. The largest absolute Gasteiger partial charge is 0.390 e. The number of carbonyl (C=O) groups is 2. The zero-order valence-corrected chi connectivity index (χ0v) is 9.91. The molecule has 0 aliphatic carbocycles. The summed E-state index contributed by atoms with van der Waals surface area (Å²) >= 11 is 0. The minimum Gasteiger partial charge on any atom is -0.390 e. The standard InChI is InChI=1S/C10H19N3O3/c1-4-10(2)8(15)13(9(16)12-10)6-7(14)5-11-3/h7,11,14H,4-6H2,1-3H3,(H,12,16). The minimum absolute atomic E-state index is 0.0289. The van der Waals surface area contributed by atoms with Gasteiger partial charge in [0.2, 0.25) is 0 Å². The van der Waals surface area contributed by atoms with Crippen LogP contribution in [0.2, 0.25) is 0 Å². The molecule has 1 rings (SSSR count). The zero-order chi connectivity index (χ0) is 12.3. The highest BCUT2D eigenvalue weighted by atomic mass is 16.3. The van der Waals surface area contributed by atoms with E-state index in [1.807, 2.05) is 6.92 Å². The van der Waals surface area contributed by atoms with Crippen molar-refractivity contribution in [1.29, 1.82) is 0 Å². The number of aliphatic hydroxyl groups excluding tert-OH is 1. The number of β-amino-alcohol motifs (C(OH)–C–C–N with tert-alkyl or cyclic N) is 1. The average molecular weight is 229 g/mol. The third kappa shape index (κ3) is 2.33. The summed E-state index contributed by atoms with van der Waals surface area (Å²) < 4.78 is 0. The van der Waals surface area contributed by atoms with Crippen LogP contribution in [-0.2, 0) is 4.79 Å². The number of amides is 3. The van der Waals surface area contributed by atoms with Crippen molar-refractivity contribution in [3.8, 4) is 0 Å². The maximum Gasteiger partial charge on any atom is 0.325 e. The third-order valence-corrected chi connectivity index (χ3v) is 2.89. The summed E-state index contributed by atoms with van der Waals surface area (Å²) in [6, 6.07) is -0.426. The van der Waals surface area contributed by atoms with Crippen LogP contribution in [0.15, 0.2) is 0 Å². The van der Waals surface area contributed by atoms with E-state index in [0.717, 1.165) is 4.90 Å². The van der Waals surface area contributed by atoms with Gasteiger partial charge in [0.1, 0.15) is 5.54 Å². The predicted molar refractivity (Wildman–Crippen MR) is 58.9 cm³/mol. The highest BCUT2D eigenvalue weighted by molar-refractivity contribution is 6.06. The van der Waals surface area contributed by atoms with Crippen molar-refractivity contribution in [1.82, 2.24) is 15.5 Å². The van der Waals surface area contributed by atoms with E-state index in [9.17, 15) is 14.7 Å². The Morgan fingerprint density at radius 1 is 1.56 bits per heavy atom. The van der Waals surface area contributed by atoms with Crippen LogP contribution in [0.5, 0.6) is 0 Å². The molecule has 92 valence electrons. The maximum absolute atomic E-state index is 11.9. The smallest absolute Gasteiger partial charge is 0.325 e. The van der Waals surface area contributed by atoms with E-state index in [-0.39, 0.29) is 12.5 Å². The monoisotopic (exact) mass is 229 g/mol. The Morgan fingerprint density at radius 2 is 2.19 bits per heavy atom. The third-order valence-electron chi connectivity index (χ3n) is 2.89. The van der Waals surface area contributed by atoms with Crippen molar-refractivity contribution in [2.45, 2.75) is 31.9 Å². The summed E-state index contributed by atoms with van der Waals surface area (Å²) in [5.74, 6) is -0.268. The average Bonchev–Trinajstić information content (AvgIpc) is 2.43. The van der Waals surface area contributed by atoms with Crippen molar-refractivity contribution < 1.29 is 14.7 Å². The van der Waals surface area contributed by atoms with Crippen molar-refractivity contribution in [2.75, 3.05) is 20.1 Å². The normalized spacial score (nSPS) is 27.1. The minimum atomic E-state index is -0.823. The molecular formula is C10H19N3O3. The summed E-state index contributed by atoms with van der Waals surface area (Å²) in [4.78, 5) is 24.6. The second kappa shape index (κ2) is 4.80. The lowest BCUT2D eigenvalue weighted by atomic mass is 9.99. The molecule has 1 heterocycles. The summed E-state index contributed by atoms with van der Waals surface area (Å²) in [5.41, 5.74) is -0.823. The van der Waals surface area contributed by atoms with Gasteiger partial charge in [-0.2, -0.15) is 0 Å². The van der Waals surface area contributed by atoms with Crippen LogP contribution in [0.3, 0.4) is 0 Å². The number of imide groups is 1. The van der Waals surface area contributed by atoms with Gasteiger partial charge in [0.15, 0.2) is 0 Å². The van der Waals surface area contributed by atoms with Crippen LogP contribution >= 0.6 is 0 Å². The quantitative estimate of drug-likeness (QED) is 0.544. The van der Waals surface area contributed by atoms with Crippen LogP contribution in [0.1, 0.15) is 20.3 Å². The van der Waals surface area contributed by atoms with E-state index >= 15 is 0 Å². The van der Waals surface area contributed by atoms with E-state index in [0.29, 0.717) is 13.0 Å². The van der Waals surface area contributed by atoms with Gasteiger partial charge in [-0.1, -0.05) is 6.92 Å². The molecule has 6 nitrogen and oxygen atoms in total. The van der Waals surface area contributed by atoms with Gasteiger partial charge in [0, 0.05) is 6.54 Å². The van der Waals surface area contributed by atoms with Crippen LogP contribution < -0.4 is 10.6 Å². The second-order valence-electron chi connectivity index (χ2n) is 4.24. The molecule has 0 aromatic rings. The first-order valence-corrected chi connectivity index (χ1v) is 5.41. The van der Waals surface area contributed by atoms with E-state index in [2.05, 4.69) is 10.6 Å². The lowest BCUT2D eigenvalue weighted by molar-refractivity contribution is -0.131. The highest BCUT2D eigenvalue weighted by Gasteiger charge is 2.46. The van der Waals surface area contributed by atoms with Gasteiger partial charge in [0.25, 0.3) is 5.91 Å². The van der Waals surface area contributed by atoms with E-state index in [1.165, 1.54) is 0 Å². The molecule has 1 aliphatic rings. The van der Waals surface area contributed by atoms with Gasteiger partial charge in [-0.25, -0.2) is 4.79 Å². The van der Waals surface area contributed by atoms with E-state index < -0.39 is 17.7 Å². The van der Waals surface area contributed by atoms with Gasteiger partial charge in [-0.15, -0.1) is 0 Å². The van der Waals surface area contributed by atoms with Crippen molar-refractivity contribution in [3.63, 3.8) is 0 Å². The molecule has 0 aromatic carbocycles. The van der Waals surface area contributed by atoms with Crippen molar-refractivity contribution >= 4 is 11.9 Å². The summed E-state index contributed by atoms with van der Waals surface area (Å²) in [6.45, 7) is 3.91. The number of hydrogen-bond donors (Lipinski definition) is 3. The van der Waals surface area contributed by atoms with Gasteiger partial charge in [-0.3, -0.25) is 9.69 Å². The topological polar surface area (TPSA) is 81.7 Å². The first kappa shape index (κ1) is 12.9. The molecule has 0 aromatic heterocycles. The molecule has 16 heavy (non-hydrogen) atoms. The van der Waals surface area contributed by atoms with Crippen LogP contribution in [0.25, 0.3) is 0 Å². The first-order chi connectivity index (χ1) is 7.44. The molecule has 0 saturated carbocycles. The molecule has 1 saturated heterocycles. The van der Waals surface area contributed by atoms with E-state index in [4.69, 9.17) is 0 Å². The number of aliphatic hydroxyl groups is 1. The fourth-order valence-electron chi connectivity index (χ4n) is 1.66. The van der Waals surface area contributed by atoms with Crippen molar-refractivity contribution in [2.24, 2.45) is 0 Å². The molecule has 0 radical (unpaired) electrons. The van der Waals surface area contributed by atoms with Crippen LogP contribution in [0, 0.1) is 0 Å². The van der Waals surface area contributed by atoms with E-state index in [1.54, 1.807) is 14.0 Å². The Bertz CT molecular complexity index is 295. The Hall–Kier alpha value is -1.14. The van der Waals surface area contributed by atoms with Crippen molar-refractivity contribution in [3.05, 3.63) is 0 Å². The number of likely N-dealkylation sites (N-methyl/N-ethyl adjacent to an activating group) is 1. The molecule has 2 unspecified atom stereocenters. The Morgan fingerprint density at radius 3 is 2.62 bits per heavy atom. The van der Waals surface area contributed by atoms with Crippen LogP contribution in [-0.4, -0.2) is 53.7 Å². The second-order valence-corrected chi connectivity index (χ2v) is 4.24. The van der Waals surface area contributed by atoms with Crippen LogP contribution in [0.4, 0.5) is 4.79 Å². The number of nitrogens with one attached hydrogen (secondary N) is 2. The Kier molecular flexibility index (Phi) is 3.88. The molecule has 0 bridgehead atoms. The first-order valence-electron chi connectivity index (χ1n) is 5.41. The summed E-state index contributed by atoms with van der Waals surface area (Å²) in [7, 11) is 1.70. The number of hydrogen-bond acceptors (Lipinski definition) is 4. The number of nitrogens with zero attached hydrogens (tertiary/aromatic N) is 1. The van der Waals surface area contributed by atoms with Gasteiger partial charge in [-0.05, 0) is 20.4 Å². The molecule has 6 heteroatoms. The molecule has 3 N–H and O–H groups in total. The predicted octanol–water partition coefficient (Wildman–Crippen LogP) is -0.713. The number of urea groups is 1. The number of rotatable bonds is 5. The van der Waals surface area contributed by atoms with Gasteiger partial charge >= 0.3 is 6.03 Å². The fraction of sp³-hybridized carbons (Fsp3) is 0.800. The summed E-state index contributed by atoms with van der Waals surface area (Å²) in [6.07, 6.45) is -0.199. The molecule has 1 fully saturated rings. The lowest BCUT2D eigenvalue weighted by Gasteiger charge is -2.20. The molecule has 3 amide bonds. The molecule has 2 atom stereocenters.